The Hall–Kier alpha value is -2.06. The molecule has 0 aromatic carbocycles. The van der Waals surface area contributed by atoms with Crippen LogP contribution >= 0.6 is 0 Å². The van der Waals surface area contributed by atoms with Crippen molar-refractivity contribution < 1.29 is 19.7 Å². The molecule has 0 aliphatic heterocycles. The zero-order valence-corrected chi connectivity index (χ0v) is 14.0. The van der Waals surface area contributed by atoms with Crippen LogP contribution in [0.2, 0.25) is 0 Å². The first-order valence-corrected chi connectivity index (χ1v) is 7.36. The highest BCUT2D eigenvalue weighted by atomic mass is 16.6. The number of aliphatic hydroxyl groups excluding tert-OH is 2. The van der Waals surface area contributed by atoms with Gasteiger partial charge in [-0.05, 0) is 39.7 Å². The molecule has 0 spiro atoms. The Kier molecular flexibility index (Phi) is 6.17. The lowest BCUT2D eigenvalue weighted by atomic mass is 9.98. The molecule has 0 aliphatic rings. The zero-order valence-electron chi connectivity index (χ0n) is 14.0. The number of anilines is 2. The van der Waals surface area contributed by atoms with Crippen LogP contribution in [0, 0.1) is 6.92 Å². The molecule has 1 aromatic heterocycles. The van der Waals surface area contributed by atoms with Gasteiger partial charge >= 0.3 is 6.09 Å². The van der Waals surface area contributed by atoms with Crippen molar-refractivity contribution in [3.05, 3.63) is 17.3 Å². The molecule has 23 heavy (non-hydrogen) atoms. The summed E-state index contributed by atoms with van der Waals surface area (Å²) in [6.07, 6.45) is -1.31. The Morgan fingerprint density at radius 3 is 2.57 bits per heavy atom. The second-order valence-electron chi connectivity index (χ2n) is 6.37. The maximum Gasteiger partial charge on any atom is 0.407 e. The molecule has 8 heteroatoms. The standard InChI is InChI=1S/C15H26N4O4/c1-8-9(7-19-13(17)11(8)16)12(21)10(20)5-6-18-14(22)23-15(2,3)4/h7,10,12,20-21H,5-6,16H2,1-4H3,(H2,17,19)(H,18,22). The van der Waals surface area contributed by atoms with Gasteiger partial charge in [0.1, 0.15) is 17.5 Å². The van der Waals surface area contributed by atoms with E-state index in [9.17, 15) is 15.0 Å². The fourth-order valence-corrected chi connectivity index (χ4v) is 1.95. The summed E-state index contributed by atoms with van der Waals surface area (Å²) in [6.45, 7) is 7.12. The van der Waals surface area contributed by atoms with E-state index in [0.717, 1.165) is 0 Å². The Morgan fingerprint density at radius 2 is 2.00 bits per heavy atom. The van der Waals surface area contributed by atoms with E-state index in [-0.39, 0.29) is 24.5 Å². The summed E-state index contributed by atoms with van der Waals surface area (Å²) >= 11 is 0. The number of rotatable bonds is 5. The van der Waals surface area contributed by atoms with Gasteiger partial charge in [0.15, 0.2) is 0 Å². The van der Waals surface area contributed by atoms with E-state index in [0.29, 0.717) is 11.1 Å². The molecule has 2 unspecified atom stereocenters. The number of nitrogen functional groups attached to an aromatic ring is 2. The van der Waals surface area contributed by atoms with Crippen LogP contribution in [0.4, 0.5) is 16.3 Å². The van der Waals surface area contributed by atoms with E-state index >= 15 is 0 Å². The predicted molar refractivity (Wildman–Crippen MR) is 87.6 cm³/mol. The Labute approximate surface area is 135 Å². The Balaban J connectivity index is 2.57. The number of aliphatic hydroxyl groups is 2. The molecule has 8 nitrogen and oxygen atoms in total. The number of alkyl carbamates (subject to hydrolysis) is 1. The van der Waals surface area contributed by atoms with Crippen LogP contribution in [0.25, 0.3) is 0 Å². The monoisotopic (exact) mass is 326 g/mol. The van der Waals surface area contributed by atoms with Gasteiger partial charge in [-0.1, -0.05) is 0 Å². The van der Waals surface area contributed by atoms with Crippen molar-refractivity contribution in [2.45, 2.75) is 51.9 Å². The third-order valence-electron chi connectivity index (χ3n) is 3.25. The smallest absolute Gasteiger partial charge is 0.407 e. The van der Waals surface area contributed by atoms with Crippen LogP contribution < -0.4 is 16.8 Å². The number of pyridine rings is 1. The first-order chi connectivity index (χ1) is 10.5. The number of amides is 1. The Bertz CT molecular complexity index is 557. The van der Waals surface area contributed by atoms with Gasteiger partial charge in [-0.2, -0.15) is 0 Å². The molecule has 0 saturated heterocycles. The molecule has 0 fully saturated rings. The van der Waals surface area contributed by atoms with E-state index in [2.05, 4.69) is 10.3 Å². The summed E-state index contributed by atoms with van der Waals surface area (Å²) in [5.41, 5.74) is 12.0. The average Bonchev–Trinajstić information content (AvgIpc) is 2.42. The minimum absolute atomic E-state index is 0.143. The van der Waals surface area contributed by atoms with Crippen molar-refractivity contribution in [1.29, 1.82) is 0 Å². The largest absolute Gasteiger partial charge is 0.444 e. The van der Waals surface area contributed by atoms with Gasteiger partial charge < -0.3 is 31.7 Å². The van der Waals surface area contributed by atoms with E-state index in [1.165, 1.54) is 6.20 Å². The summed E-state index contributed by atoms with van der Waals surface area (Å²) in [4.78, 5) is 15.4. The number of carbonyl (C=O) groups is 1. The van der Waals surface area contributed by atoms with Crippen LogP contribution in [0.1, 0.15) is 44.4 Å². The van der Waals surface area contributed by atoms with Crippen molar-refractivity contribution in [1.82, 2.24) is 10.3 Å². The van der Waals surface area contributed by atoms with Crippen LogP contribution in [0.5, 0.6) is 0 Å². The Morgan fingerprint density at radius 1 is 1.39 bits per heavy atom. The van der Waals surface area contributed by atoms with Crippen LogP contribution in [-0.2, 0) is 4.74 Å². The van der Waals surface area contributed by atoms with Crippen molar-refractivity contribution in [2.75, 3.05) is 18.0 Å². The highest BCUT2D eigenvalue weighted by molar-refractivity contribution is 5.67. The van der Waals surface area contributed by atoms with Crippen LogP contribution in [-0.4, -0.2) is 39.5 Å². The lowest BCUT2D eigenvalue weighted by molar-refractivity contribution is 0.0118. The van der Waals surface area contributed by atoms with Gasteiger partial charge in [-0.15, -0.1) is 0 Å². The molecule has 130 valence electrons. The predicted octanol–water partition coefficient (Wildman–Crippen LogP) is 0.864. The second kappa shape index (κ2) is 7.47. The summed E-state index contributed by atoms with van der Waals surface area (Å²) in [7, 11) is 0. The lowest BCUT2D eigenvalue weighted by Crippen LogP contribution is -2.34. The molecule has 0 bridgehead atoms. The minimum Gasteiger partial charge on any atom is -0.444 e. The van der Waals surface area contributed by atoms with E-state index in [1.807, 2.05) is 0 Å². The highest BCUT2D eigenvalue weighted by Gasteiger charge is 2.22. The van der Waals surface area contributed by atoms with Crippen molar-refractivity contribution in [3.63, 3.8) is 0 Å². The van der Waals surface area contributed by atoms with Gasteiger partial charge in [-0.25, -0.2) is 9.78 Å². The fraction of sp³-hybridized carbons (Fsp3) is 0.600. The molecule has 0 radical (unpaired) electrons. The number of nitrogens with two attached hydrogens (primary N) is 2. The molecule has 1 heterocycles. The summed E-state index contributed by atoms with van der Waals surface area (Å²) in [6, 6.07) is 0. The maximum absolute atomic E-state index is 11.5. The topological polar surface area (TPSA) is 144 Å². The first kappa shape index (κ1) is 19.0. The zero-order chi connectivity index (χ0) is 17.8. The molecular formula is C15H26N4O4. The summed E-state index contributed by atoms with van der Waals surface area (Å²) in [5.74, 6) is 0.180. The molecule has 0 aliphatic carbocycles. The number of hydrogen-bond acceptors (Lipinski definition) is 7. The van der Waals surface area contributed by atoms with E-state index in [4.69, 9.17) is 16.2 Å². The van der Waals surface area contributed by atoms with Gasteiger partial charge in [0.05, 0.1) is 11.8 Å². The molecule has 0 saturated carbocycles. The van der Waals surface area contributed by atoms with Crippen LogP contribution in [0.15, 0.2) is 6.20 Å². The minimum atomic E-state index is -1.18. The SMILES string of the molecule is Cc1c(C(O)C(O)CCNC(=O)OC(C)(C)C)cnc(N)c1N. The summed E-state index contributed by atoms with van der Waals surface area (Å²) in [5, 5.41) is 22.8. The number of aromatic nitrogens is 1. The number of ether oxygens (including phenoxy) is 1. The van der Waals surface area contributed by atoms with Gasteiger partial charge in [-0.3, -0.25) is 0 Å². The van der Waals surface area contributed by atoms with Gasteiger partial charge in [0.25, 0.3) is 0 Å². The molecule has 1 aromatic rings. The van der Waals surface area contributed by atoms with Crippen LogP contribution in [0.3, 0.4) is 0 Å². The molecule has 1 rings (SSSR count). The fourth-order valence-electron chi connectivity index (χ4n) is 1.95. The quantitative estimate of drug-likeness (QED) is 0.540. The first-order valence-electron chi connectivity index (χ1n) is 7.36. The lowest BCUT2D eigenvalue weighted by Gasteiger charge is -2.22. The van der Waals surface area contributed by atoms with E-state index < -0.39 is 23.9 Å². The highest BCUT2D eigenvalue weighted by Crippen LogP contribution is 2.27. The maximum atomic E-state index is 11.5. The van der Waals surface area contributed by atoms with Crippen molar-refractivity contribution in [3.8, 4) is 0 Å². The third-order valence-corrected chi connectivity index (χ3v) is 3.25. The van der Waals surface area contributed by atoms with Crippen molar-refractivity contribution in [2.24, 2.45) is 0 Å². The normalized spacial score (nSPS) is 14.2. The number of carbonyl (C=O) groups excluding carboxylic acids is 1. The van der Waals surface area contributed by atoms with E-state index in [1.54, 1.807) is 27.7 Å². The van der Waals surface area contributed by atoms with Gasteiger partial charge in [0.2, 0.25) is 0 Å². The number of nitrogens with one attached hydrogen (secondary N) is 1. The molecular weight excluding hydrogens is 300 g/mol. The number of nitrogens with zero attached hydrogens (tertiary/aromatic N) is 1. The average molecular weight is 326 g/mol. The third kappa shape index (κ3) is 5.57. The molecule has 2 atom stereocenters. The number of hydrogen-bond donors (Lipinski definition) is 5. The van der Waals surface area contributed by atoms with Crippen molar-refractivity contribution >= 4 is 17.6 Å². The second-order valence-corrected chi connectivity index (χ2v) is 6.37. The van der Waals surface area contributed by atoms with Gasteiger partial charge in [0, 0.05) is 18.3 Å². The molecule has 1 amide bonds. The molecule has 7 N–H and O–H groups in total. The summed E-state index contributed by atoms with van der Waals surface area (Å²) < 4.78 is 5.08.